The number of ether oxygens (including phenoxy) is 2. The van der Waals surface area contributed by atoms with Gasteiger partial charge in [-0.1, -0.05) is 24.3 Å². The summed E-state index contributed by atoms with van der Waals surface area (Å²) < 4.78 is 11.8. The van der Waals surface area contributed by atoms with Crippen LogP contribution in [0.4, 0.5) is 0 Å². The second-order valence-electron chi connectivity index (χ2n) is 8.66. The first kappa shape index (κ1) is 30.8. The highest BCUT2D eigenvalue weighted by Crippen LogP contribution is 2.17. The lowest BCUT2D eigenvalue weighted by atomic mass is 10.1. The van der Waals surface area contributed by atoms with Crippen molar-refractivity contribution in [1.82, 2.24) is 0 Å². The smallest absolute Gasteiger partial charge is 0.125 e. The topological polar surface area (TPSA) is 95.2 Å². The van der Waals surface area contributed by atoms with Crippen LogP contribution in [0.15, 0.2) is 82.8 Å². The molecule has 194 valence electrons. The van der Waals surface area contributed by atoms with Crippen molar-refractivity contribution in [2.45, 2.75) is 53.0 Å². The molecule has 3 rings (SSSR count). The van der Waals surface area contributed by atoms with Gasteiger partial charge in [-0.25, -0.2) is 0 Å². The Bertz CT molecular complexity index is 1020. The Balaban J connectivity index is 0.00000324. The van der Waals surface area contributed by atoms with E-state index in [1.165, 1.54) is 0 Å². The predicted octanol–water partition coefficient (Wildman–Crippen LogP) is 5.92. The van der Waals surface area contributed by atoms with Gasteiger partial charge in [0.25, 0.3) is 0 Å². The van der Waals surface area contributed by atoms with E-state index in [9.17, 15) is 0 Å². The molecule has 3 aromatic rings. The van der Waals surface area contributed by atoms with Crippen LogP contribution in [0.1, 0.15) is 49.9 Å². The number of halogens is 2. The van der Waals surface area contributed by atoms with Crippen LogP contribution in [0.2, 0.25) is 0 Å². The van der Waals surface area contributed by atoms with Crippen LogP contribution in [-0.4, -0.2) is 23.8 Å². The Kier molecular flexibility index (Phi) is 12.9. The molecule has 0 aromatic heterocycles. The molecule has 0 radical (unpaired) electrons. The minimum absolute atomic E-state index is 0. The molecular weight excluding hydrogens is 495 g/mol. The largest absolute Gasteiger partial charge is 0.489 e. The molecule has 0 saturated carbocycles. The monoisotopic (exact) mass is 530 g/mol. The molecule has 0 amide bonds. The van der Waals surface area contributed by atoms with E-state index in [0.717, 1.165) is 33.8 Å². The van der Waals surface area contributed by atoms with Gasteiger partial charge in [0.1, 0.15) is 36.4 Å². The molecule has 0 bridgehead atoms. The van der Waals surface area contributed by atoms with E-state index >= 15 is 0 Å². The van der Waals surface area contributed by atoms with Gasteiger partial charge in [0.05, 0.1) is 0 Å². The lowest BCUT2D eigenvalue weighted by molar-refractivity contribution is 0.302. The molecule has 0 atom stereocenters. The van der Waals surface area contributed by atoms with Crippen LogP contribution in [0, 0.1) is 0 Å². The highest BCUT2D eigenvalue weighted by molar-refractivity contribution is 5.98. The van der Waals surface area contributed by atoms with E-state index in [0.29, 0.717) is 24.9 Å². The molecule has 36 heavy (non-hydrogen) atoms. The highest BCUT2D eigenvalue weighted by Gasteiger charge is 2.04. The summed E-state index contributed by atoms with van der Waals surface area (Å²) in [5, 5.41) is 0. The molecule has 0 aliphatic rings. The number of hydrogen-bond acceptors (Lipinski definition) is 4. The molecule has 0 saturated heterocycles. The number of nitrogens with two attached hydrogens (primary N) is 2. The summed E-state index contributed by atoms with van der Waals surface area (Å²) in [7, 11) is 0. The number of amidine groups is 2. The van der Waals surface area contributed by atoms with Crippen molar-refractivity contribution in [1.29, 1.82) is 0 Å². The third kappa shape index (κ3) is 9.80. The fourth-order valence-electron chi connectivity index (χ4n) is 3.21. The lowest BCUT2D eigenvalue weighted by Gasteiger charge is -2.10. The minimum Gasteiger partial charge on any atom is -0.489 e. The number of rotatable bonds is 10. The average Bonchev–Trinajstić information content (AvgIpc) is 2.82. The van der Waals surface area contributed by atoms with E-state index in [2.05, 4.69) is 9.98 Å². The third-order valence-corrected chi connectivity index (χ3v) is 4.93. The Morgan fingerprint density at radius 2 is 0.889 bits per heavy atom. The fraction of sp³-hybridized carbons (Fsp3) is 0.286. The van der Waals surface area contributed by atoms with E-state index < -0.39 is 0 Å². The lowest BCUT2D eigenvalue weighted by Crippen LogP contribution is -2.15. The molecular formula is C28H36Cl2N4O2. The zero-order valence-corrected chi connectivity index (χ0v) is 22.8. The molecule has 0 spiro atoms. The van der Waals surface area contributed by atoms with E-state index in [-0.39, 0.29) is 36.9 Å². The van der Waals surface area contributed by atoms with Gasteiger partial charge in [-0.15, -0.1) is 24.8 Å². The maximum absolute atomic E-state index is 6.01. The summed E-state index contributed by atoms with van der Waals surface area (Å²) in [5.74, 6) is 2.66. The van der Waals surface area contributed by atoms with E-state index in [4.69, 9.17) is 20.9 Å². The van der Waals surface area contributed by atoms with Crippen LogP contribution in [0.5, 0.6) is 11.5 Å². The highest BCUT2D eigenvalue weighted by atomic mass is 35.5. The maximum Gasteiger partial charge on any atom is 0.125 e. The Morgan fingerprint density at radius 3 is 1.17 bits per heavy atom. The first-order valence-corrected chi connectivity index (χ1v) is 11.5. The first-order valence-electron chi connectivity index (χ1n) is 11.5. The van der Waals surface area contributed by atoms with Crippen LogP contribution < -0.4 is 20.9 Å². The molecule has 0 fully saturated rings. The summed E-state index contributed by atoms with van der Waals surface area (Å²) in [5.41, 5.74) is 16.0. The standard InChI is InChI=1S/C28H34N4O2.2ClH/c1-19(2)31-27(29)23-9-13-25(14-10-23)33-17-21-5-7-22(8-6-21)18-34-26-15-11-24(12-16-26)28(30)32-20(3)4;;/h5-16,19-20H,17-18H2,1-4H3,(H2,29,31)(H2,30,32);2*1H. The van der Waals surface area contributed by atoms with Gasteiger partial charge < -0.3 is 20.9 Å². The van der Waals surface area contributed by atoms with Crippen molar-refractivity contribution < 1.29 is 9.47 Å². The summed E-state index contributed by atoms with van der Waals surface area (Å²) in [6.07, 6.45) is 0. The van der Waals surface area contributed by atoms with Gasteiger partial charge >= 0.3 is 0 Å². The Morgan fingerprint density at radius 1 is 0.583 bits per heavy atom. The van der Waals surface area contributed by atoms with Crippen LogP contribution in [0.25, 0.3) is 0 Å². The number of aliphatic imine (C=N–C) groups is 2. The zero-order valence-electron chi connectivity index (χ0n) is 21.2. The van der Waals surface area contributed by atoms with Crippen molar-refractivity contribution in [2.75, 3.05) is 0 Å². The van der Waals surface area contributed by atoms with E-state index in [1.54, 1.807) is 0 Å². The van der Waals surface area contributed by atoms with E-state index in [1.807, 2.05) is 100 Å². The molecule has 0 aliphatic carbocycles. The molecule has 0 heterocycles. The molecule has 3 aromatic carbocycles. The van der Waals surface area contributed by atoms with Gasteiger partial charge in [-0.2, -0.15) is 0 Å². The fourth-order valence-corrected chi connectivity index (χ4v) is 3.21. The van der Waals surface area contributed by atoms with Crippen molar-refractivity contribution in [3.63, 3.8) is 0 Å². The third-order valence-electron chi connectivity index (χ3n) is 4.93. The molecule has 8 heteroatoms. The summed E-state index contributed by atoms with van der Waals surface area (Å²) in [4.78, 5) is 8.73. The van der Waals surface area contributed by atoms with Gasteiger partial charge in [0, 0.05) is 23.2 Å². The number of hydrogen-bond donors (Lipinski definition) is 2. The van der Waals surface area contributed by atoms with Crippen molar-refractivity contribution in [3.8, 4) is 11.5 Å². The van der Waals surface area contributed by atoms with Gasteiger partial charge in [0.15, 0.2) is 0 Å². The van der Waals surface area contributed by atoms with Crippen molar-refractivity contribution >= 4 is 36.5 Å². The molecule has 6 nitrogen and oxygen atoms in total. The summed E-state index contributed by atoms with van der Waals surface area (Å²) in [6.45, 7) is 8.97. The summed E-state index contributed by atoms with van der Waals surface area (Å²) in [6, 6.07) is 23.9. The summed E-state index contributed by atoms with van der Waals surface area (Å²) >= 11 is 0. The van der Waals surface area contributed by atoms with Crippen molar-refractivity contribution in [3.05, 3.63) is 95.1 Å². The normalized spacial score (nSPS) is 11.6. The Labute approximate surface area is 226 Å². The molecule has 0 aliphatic heterocycles. The second-order valence-corrected chi connectivity index (χ2v) is 8.66. The quantitative estimate of drug-likeness (QED) is 0.251. The number of benzene rings is 3. The molecule has 0 unspecified atom stereocenters. The van der Waals surface area contributed by atoms with Crippen molar-refractivity contribution in [2.24, 2.45) is 21.5 Å². The Hall–Kier alpha value is -3.22. The van der Waals surface area contributed by atoms with Crippen LogP contribution in [-0.2, 0) is 13.2 Å². The van der Waals surface area contributed by atoms with Crippen LogP contribution >= 0.6 is 24.8 Å². The van der Waals surface area contributed by atoms with Gasteiger partial charge in [-0.05, 0) is 87.4 Å². The maximum atomic E-state index is 6.01. The molecule has 4 N–H and O–H groups in total. The SMILES string of the molecule is CC(C)N=C(N)c1ccc(OCc2ccc(COc3ccc(C(N)=NC(C)C)cc3)cc2)cc1.Cl.Cl. The average molecular weight is 532 g/mol. The minimum atomic E-state index is 0. The predicted molar refractivity (Wildman–Crippen MR) is 154 cm³/mol. The first-order chi connectivity index (χ1) is 16.3. The van der Waals surface area contributed by atoms with Crippen LogP contribution in [0.3, 0.4) is 0 Å². The second kappa shape index (κ2) is 15.0. The number of nitrogens with zero attached hydrogens (tertiary/aromatic N) is 2. The van der Waals surface area contributed by atoms with Gasteiger partial charge in [-0.3, -0.25) is 9.98 Å². The van der Waals surface area contributed by atoms with Gasteiger partial charge in [0.2, 0.25) is 0 Å². The zero-order chi connectivity index (χ0) is 24.5.